The number of carbonyl (C=O) groups is 1. The van der Waals surface area contributed by atoms with Gasteiger partial charge in [0.1, 0.15) is 0 Å². The zero-order valence-electron chi connectivity index (χ0n) is 12.7. The van der Waals surface area contributed by atoms with Crippen molar-refractivity contribution in [2.45, 2.75) is 19.1 Å². The van der Waals surface area contributed by atoms with E-state index >= 15 is 0 Å². The molecule has 1 aromatic carbocycles. The Labute approximate surface area is 139 Å². The molecule has 1 aliphatic rings. The average Bonchev–Trinajstić information content (AvgIpc) is 3.06. The number of aliphatic hydroxyl groups excluding tert-OH is 1. The fraction of sp³-hybridized carbons (Fsp3) is 0.375. The lowest BCUT2D eigenvalue weighted by Crippen LogP contribution is -2.42. The Balaban J connectivity index is 1.41. The maximum Gasteiger partial charge on any atom is 0.321 e. The number of aromatic nitrogens is 1. The van der Waals surface area contributed by atoms with E-state index in [2.05, 4.69) is 38.7 Å². The zero-order valence-corrected chi connectivity index (χ0v) is 13.6. The quantitative estimate of drug-likeness (QED) is 0.778. The van der Waals surface area contributed by atoms with Crippen molar-refractivity contribution >= 4 is 22.5 Å². The second-order valence-electron chi connectivity index (χ2n) is 5.58. The fourth-order valence-electron chi connectivity index (χ4n) is 2.71. The molecule has 2 amide bonds. The van der Waals surface area contributed by atoms with E-state index in [1.54, 1.807) is 11.6 Å². The van der Waals surface area contributed by atoms with Crippen LogP contribution in [0.1, 0.15) is 11.1 Å². The van der Waals surface area contributed by atoms with E-state index < -0.39 is 6.10 Å². The molecule has 0 saturated heterocycles. The highest BCUT2D eigenvalue weighted by atomic mass is 32.1. The molecule has 2 heterocycles. The lowest BCUT2D eigenvalue weighted by atomic mass is 10.00. The maximum absolute atomic E-state index is 11.7. The van der Waals surface area contributed by atoms with Gasteiger partial charge >= 0.3 is 6.03 Å². The predicted octanol–water partition coefficient (Wildman–Crippen LogP) is 1.68. The summed E-state index contributed by atoms with van der Waals surface area (Å²) in [6.45, 7) is 2.54. The number of nitrogens with one attached hydrogen (secondary N) is 2. The number of amides is 2. The second kappa shape index (κ2) is 7.54. The summed E-state index contributed by atoms with van der Waals surface area (Å²) < 4.78 is 0. The van der Waals surface area contributed by atoms with Gasteiger partial charge in [-0.25, -0.2) is 9.78 Å². The number of hydrogen-bond acceptors (Lipinski definition) is 5. The third-order valence-electron chi connectivity index (χ3n) is 3.83. The Morgan fingerprint density at radius 2 is 2.22 bits per heavy atom. The molecule has 2 aromatic rings. The van der Waals surface area contributed by atoms with E-state index in [-0.39, 0.29) is 12.6 Å². The Morgan fingerprint density at radius 1 is 1.39 bits per heavy atom. The van der Waals surface area contributed by atoms with E-state index in [0.29, 0.717) is 11.7 Å². The SMILES string of the molecule is O=C(NCC(O)CN1CCc2ccccc2C1)Nc1nccs1. The molecule has 122 valence electrons. The van der Waals surface area contributed by atoms with Gasteiger partial charge < -0.3 is 10.4 Å². The highest BCUT2D eigenvalue weighted by Gasteiger charge is 2.18. The van der Waals surface area contributed by atoms with Gasteiger partial charge in [0.25, 0.3) is 0 Å². The smallest absolute Gasteiger partial charge is 0.321 e. The number of carbonyl (C=O) groups excluding carboxylic acids is 1. The first-order valence-electron chi connectivity index (χ1n) is 7.62. The van der Waals surface area contributed by atoms with Crippen molar-refractivity contribution < 1.29 is 9.90 Å². The molecule has 0 fully saturated rings. The summed E-state index contributed by atoms with van der Waals surface area (Å²) in [5.74, 6) is 0. The van der Waals surface area contributed by atoms with Crippen molar-refractivity contribution in [3.05, 3.63) is 47.0 Å². The van der Waals surface area contributed by atoms with E-state index in [0.717, 1.165) is 19.5 Å². The highest BCUT2D eigenvalue weighted by Crippen LogP contribution is 2.18. The Kier molecular flexibility index (Phi) is 5.22. The van der Waals surface area contributed by atoms with Crippen molar-refractivity contribution in [2.75, 3.05) is 25.0 Å². The van der Waals surface area contributed by atoms with E-state index in [1.165, 1.54) is 22.5 Å². The largest absolute Gasteiger partial charge is 0.390 e. The van der Waals surface area contributed by atoms with Gasteiger partial charge in [0.15, 0.2) is 5.13 Å². The van der Waals surface area contributed by atoms with Gasteiger partial charge in [-0.2, -0.15) is 0 Å². The van der Waals surface area contributed by atoms with Gasteiger partial charge in [0.05, 0.1) is 6.10 Å². The van der Waals surface area contributed by atoms with Crippen LogP contribution in [-0.2, 0) is 13.0 Å². The van der Waals surface area contributed by atoms with Crippen LogP contribution in [0.5, 0.6) is 0 Å². The van der Waals surface area contributed by atoms with Crippen LogP contribution in [-0.4, -0.2) is 46.8 Å². The molecule has 7 heteroatoms. The first kappa shape index (κ1) is 15.9. The molecule has 0 saturated carbocycles. The number of fused-ring (bicyclic) bond motifs is 1. The predicted molar refractivity (Wildman–Crippen MR) is 90.6 cm³/mol. The molecular formula is C16H20N4O2S. The fourth-order valence-corrected chi connectivity index (χ4v) is 3.23. The summed E-state index contributed by atoms with van der Waals surface area (Å²) in [5.41, 5.74) is 2.71. The Morgan fingerprint density at radius 3 is 3.00 bits per heavy atom. The number of β-amino-alcohol motifs (C(OH)–C–C–N with tert-alkyl or cyclic N) is 1. The van der Waals surface area contributed by atoms with E-state index in [9.17, 15) is 9.90 Å². The summed E-state index contributed by atoms with van der Waals surface area (Å²) >= 11 is 1.35. The van der Waals surface area contributed by atoms with Crippen molar-refractivity contribution in [3.63, 3.8) is 0 Å². The molecule has 3 rings (SSSR count). The summed E-state index contributed by atoms with van der Waals surface area (Å²) in [7, 11) is 0. The van der Waals surface area contributed by atoms with Gasteiger partial charge in [-0.05, 0) is 17.5 Å². The van der Waals surface area contributed by atoms with Gasteiger partial charge in [-0.1, -0.05) is 24.3 Å². The zero-order chi connectivity index (χ0) is 16.1. The van der Waals surface area contributed by atoms with Crippen LogP contribution in [0.25, 0.3) is 0 Å². The minimum atomic E-state index is -0.595. The van der Waals surface area contributed by atoms with Crippen LogP contribution in [0, 0.1) is 0 Å². The molecule has 1 unspecified atom stereocenters. The van der Waals surface area contributed by atoms with Crippen LogP contribution in [0.4, 0.5) is 9.93 Å². The number of nitrogens with zero attached hydrogens (tertiary/aromatic N) is 2. The van der Waals surface area contributed by atoms with Gasteiger partial charge in [0.2, 0.25) is 0 Å². The van der Waals surface area contributed by atoms with Crippen molar-refractivity contribution in [3.8, 4) is 0 Å². The number of aliphatic hydroxyl groups is 1. The molecule has 3 N–H and O–H groups in total. The standard InChI is InChI=1S/C16H20N4O2S/c21-14(9-18-15(22)19-16-17-6-8-23-16)11-20-7-5-12-3-1-2-4-13(12)10-20/h1-4,6,8,14,21H,5,7,9-11H2,(H2,17,18,19,22). The Bertz CT molecular complexity index is 647. The Hall–Kier alpha value is -1.96. The minimum Gasteiger partial charge on any atom is -0.390 e. The highest BCUT2D eigenvalue weighted by molar-refractivity contribution is 7.13. The second-order valence-corrected chi connectivity index (χ2v) is 6.47. The van der Waals surface area contributed by atoms with Crippen LogP contribution in [0.2, 0.25) is 0 Å². The lowest BCUT2D eigenvalue weighted by molar-refractivity contribution is 0.106. The summed E-state index contributed by atoms with van der Waals surface area (Å²) in [6.07, 6.45) is 2.03. The number of hydrogen-bond donors (Lipinski definition) is 3. The van der Waals surface area contributed by atoms with Gasteiger partial charge in [-0.3, -0.25) is 10.2 Å². The monoisotopic (exact) mass is 332 g/mol. The maximum atomic E-state index is 11.7. The van der Waals surface area contributed by atoms with Crippen molar-refractivity contribution in [1.29, 1.82) is 0 Å². The summed E-state index contributed by atoms with van der Waals surface area (Å²) in [6, 6.07) is 8.06. The van der Waals surface area contributed by atoms with Crippen molar-refractivity contribution in [2.24, 2.45) is 0 Å². The molecule has 0 aliphatic carbocycles. The molecule has 0 spiro atoms. The first-order chi connectivity index (χ1) is 11.2. The van der Waals surface area contributed by atoms with Crippen LogP contribution in [0.3, 0.4) is 0 Å². The van der Waals surface area contributed by atoms with Gasteiger partial charge in [-0.15, -0.1) is 11.3 Å². The van der Waals surface area contributed by atoms with Crippen LogP contribution < -0.4 is 10.6 Å². The minimum absolute atomic E-state index is 0.218. The number of anilines is 1. The third kappa shape index (κ3) is 4.51. The van der Waals surface area contributed by atoms with Crippen molar-refractivity contribution in [1.82, 2.24) is 15.2 Å². The molecule has 6 nitrogen and oxygen atoms in total. The first-order valence-corrected chi connectivity index (χ1v) is 8.50. The number of thiazole rings is 1. The normalized spacial score (nSPS) is 15.7. The average molecular weight is 332 g/mol. The lowest BCUT2D eigenvalue weighted by Gasteiger charge is -2.30. The van der Waals surface area contributed by atoms with Gasteiger partial charge in [0, 0.05) is 37.8 Å². The van der Waals surface area contributed by atoms with E-state index in [4.69, 9.17) is 0 Å². The summed E-state index contributed by atoms with van der Waals surface area (Å²) in [5, 5.41) is 17.8. The van der Waals surface area contributed by atoms with Crippen LogP contribution >= 0.6 is 11.3 Å². The van der Waals surface area contributed by atoms with E-state index in [1.807, 2.05) is 6.07 Å². The molecule has 1 aromatic heterocycles. The third-order valence-corrected chi connectivity index (χ3v) is 4.52. The molecule has 1 atom stereocenters. The molecule has 23 heavy (non-hydrogen) atoms. The molecular weight excluding hydrogens is 312 g/mol. The molecule has 0 bridgehead atoms. The molecule has 0 radical (unpaired) electrons. The van der Waals surface area contributed by atoms with Crippen LogP contribution in [0.15, 0.2) is 35.8 Å². The number of benzene rings is 1. The molecule has 1 aliphatic heterocycles. The number of rotatable bonds is 5. The number of urea groups is 1. The topological polar surface area (TPSA) is 77.5 Å². The summed E-state index contributed by atoms with van der Waals surface area (Å²) in [4.78, 5) is 17.9.